The second kappa shape index (κ2) is 3.14. The number of nitrogens with one attached hydrogen (secondary N) is 1. The standard InChI is InChI=1S/C10H11N3O/c1-7-8(5-11-10(7)6-14)9-3-4-13(2)12-9/h3-6,11H,1-2H3. The number of hydrogen-bond acceptors (Lipinski definition) is 2. The summed E-state index contributed by atoms with van der Waals surface area (Å²) in [6, 6.07) is 1.92. The van der Waals surface area contributed by atoms with Gasteiger partial charge in [0, 0.05) is 25.0 Å². The van der Waals surface area contributed by atoms with E-state index in [9.17, 15) is 4.79 Å². The molecule has 2 aromatic rings. The first kappa shape index (κ1) is 8.74. The topological polar surface area (TPSA) is 50.7 Å². The molecule has 0 aliphatic carbocycles. The van der Waals surface area contributed by atoms with Gasteiger partial charge >= 0.3 is 0 Å². The van der Waals surface area contributed by atoms with Crippen LogP contribution < -0.4 is 0 Å². The second-order valence-electron chi connectivity index (χ2n) is 3.23. The average Bonchev–Trinajstić information content (AvgIpc) is 2.72. The monoisotopic (exact) mass is 189 g/mol. The van der Waals surface area contributed by atoms with Gasteiger partial charge in [-0.2, -0.15) is 5.10 Å². The van der Waals surface area contributed by atoms with Crippen molar-refractivity contribution in [1.29, 1.82) is 0 Å². The van der Waals surface area contributed by atoms with E-state index in [0.29, 0.717) is 5.69 Å². The molecule has 14 heavy (non-hydrogen) atoms. The third kappa shape index (κ3) is 1.25. The van der Waals surface area contributed by atoms with Crippen molar-refractivity contribution in [2.75, 3.05) is 0 Å². The number of aromatic amines is 1. The Hall–Kier alpha value is -1.84. The van der Waals surface area contributed by atoms with E-state index in [4.69, 9.17) is 0 Å². The molecule has 0 saturated heterocycles. The molecule has 0 saturated carbocycles. The van der Waals surface area contributed by atoms with Gasteiger partial charge in [0.25, 0.3) is 0 Å². The molecule has 0 bridgehead atoms. The Kier molecular flexibility index (Phi) is 1.96. The Morgan fingerprint density at radius 2 is 2.36 bits per heavy atom. The fraction of sp³-hybridized carbons (Fsp3) is 0.200. The van der Waals surface area contributed by atoms with Crippen LogP contribution in [0.3, 0.4) is 0 Å². The lowest BCUT2D eigenvalue weighted by Crippen LogP contribution is -1.88. The van der Waals surface area contributed by atoms with Crippen LogP contribution in [0.15, 0.2) is 18.5 Å². The summed E-state index contributed by atoms with van der Waals surface area (Å²) < 4.78 is 1.74. The zero-order valence-corrected chi connectivity index (χ0v) is 8.11. The maximum absolute atomic E-state index is 10.6. The highest BCUT2D eigenvalue weighted by molar-refractivity contribution is 5.80. The lowest BCUT2D eigenvalue weighted by molar-refractivity contribution is 0.111. The lowest BCUT2D eigenvalue weighted by Gasteiger charge is -1.93. The van der Waals surface area contributed by atoms with Crippen LogP contribution in [-0.4, -0.2) is 21.1 Å². The largest absolute Gasteiger partial charge is 0.358 e. The molecule has 4 heteroatoms. The van der Waals surface area contributed by atoms with Crippen LogP contribution in [0.1, 0.15) is 16.1 Å². The SMILES string of the molecule is Cc1c(-c2ccn(C)n2)c[nH]c1C=O. The maximum atomic E-state index is 10.6. The Morgan fingerprint density at radius 3 is 2.86 bits per heavy atom. The molecule has 2 aromatic heterocycles. The van der Waals surface area contributed by atoms with Crippen molar-refractivity contribution in [2.45, 2.75) is 6.92 Å². The molecule has 0 spiro atoms. The van der Waals surface area contributed by atoms with Crippen molar-refractivity contribution >= 4 is 6.29 Å². The molecule has 4 nitrogen and oxygen atoms in total. The van der Waals surface area contributed by atoms with E-state index >= 15 is 0 Å². The zero-order chi connectivity index (χ0) is 10.1. The summed E-state index contributed by atoms with van der Waals surface area (Å²) in [5, 5.41) is 4.27. The van der Waals surface area contributed by atoms with E-state index < -0.39 is 0 Å². The number of nitrogens with zero attached hydrogens (tertiary/aromatic N) is 2. The van der Waals surface area contributed by atoms with Crippen LogP contribution in [0.25, 0.3) is 11.3 Å². The minimum Gasteiger partial charge on any atom is -0.358 e. The van der Waals surface area contributed by atoms with Crippen molar-refractivity contribution in [3.8, 4) is 11.3 Å². The highest BCUT2D eigenvalue weighted by Crippen LogP contribution is 2.22. The number of rotatable bonds is 2. The average molecular weight is 189 g/mol. The van der Waals surface area contributed by atoms with Gasteiger partial charge < -0.3 is 4.98 Å². The molecule has 72 valence electrons. The molecular formula is C10H11N3O. The number of H-pyrrole nitrogens is 1. The minimum atomic E-state index is 0.616. The number of aromatic nitrogens is 3. The van der Waals surface area contributed by atoms with E-state index in [1.54, 1.807) is 10.9 Å². The first-order chi connectivity index (χ1) is 6.72. The fourth-order valence-corrected chi connectivity index (χ4v) is 1.46. The summed E-state index contributed by atoms with van der Waals surface area (Å²) in [5.74, 6) is 0. The molecule has 0 radical (unpaired) electrons. The van der Waals surface area contributed by atoms with Gasteiger partial charge in [0.05, 0.1) is 11.4 Å². The summed E-state index contributed by atoms with van der Waals surface area (Å²) in [6.45, 7) is 1.91. The Morgan fingerprint density at radius 1 is 1.57 bits per heavy atom. The molecule has 0 amide bonds. The van der Waals surface area contributed by atoms with Crippen LogP contribution in [-0.2, 0) is 7.05 Å². The van der Waals surface area contributed by atoms with Gasteiger partial charge in [-0.05, 0) is 18.6 Å². The maximum Gasteiger partial charge on any atom is 0.166 e. The molecule has 0 fully saturated rings. The summed E-state index contributed by atoms with van der Waals surface area (Å²) >= 11 is 0. The third-order valence-corrected chi connectivity index (χ3v) is 2.29. The van der Waals surface area contributed by atoms with Gasteiger partial charge in [0.15, 0.2) is 6.29 Å². The molecule has 2 rings (SSSR count). The lowest BCUT2D eigenvalue weighted by atomic mass is 10.1. The van der Waals surface area contributed by atoms with E-state index in [1.807, 2.05) is 26.2 Å². The highest BCUT2D eigenvalue weighted by atomic mass is 16.1. The normalized spacial score (nSPS) is 10.4. The molecule has 2 heterocycles. The molecule has 0 aliphatic heterocycles. The number of carbonyl (C=O) groups excluding carboxylic acids is 1. The molecule has 0 aliphatic rings. The third-order valence-electron chi connectivity index (χ3n) is 2.29. The first-order valence-corrected chi connectivity index (χ1v) is 4.35. The highest BCUT2D eigenvalue weighted by Gasteiger charge is 2.09. The second-order valence-corrected chi connectivity index (χ2v) is 3.23. The summed E-state index contributed by atoms with van der Waals surface area (Å²) in [5.41, 5.74) is 3.42. The number of carbonyl (C=O) groups is 1. The van der Waals surface area contributed by atoms with Gasteiger partial charge in [-0.15, -0.1) is 0 Å². The van der Waals surface area contributed by atoms with Gasteiger partial charge in [0.1, 0.15) is 0 Å². The van der Waals surface area contributed by atoms with E-state index in [0.717, 1.165) is 23.1 Å². The molecule has 0 unspecified atom stereocenters. The smallest absolute Gasteiger partial charge is 0.166 e. The Bertz CT molecular complexity index is 467. The first-order valence-electron chi connectivity index (χ1n) is 4.35. The molecule has 1 N–H and O–H groups in total. The Balaban J connectivity index is 2.51. The number of hydrogen-bond donors (Lipinski definition) is 1. The van der Waals surface area contributed by atoms with Crippen molar-refractivity contribution in [2.24, 2.45) is 7.05 Å². The summed E-state index contributed by atoms with van der Waals surface area (Å²) in [6.07, 6.45) is 4.51. The van der Waals surface area contributed by atoms with E-state index in [-0.39, 0.29) is 0 Å². The molecule has 0 aromatic carbocycles. The predicted octanol–water partition coefficient (Wildman–Crippen LogP) is 1.54. The fourth-order valence-electron chi connectivity index (χ4n) is 1.46. The quantitative estimate of drug-likeness (QED) is 0.728. The summed E-state index contributed by atoms with van der Waals surface area (Å²) in [4.78, 5) is 13.5. The van der Waals surface area contributed by atoms with Gasteiger partial charge in [-0.25, -0.2) is 0 Å². The van der Waals surface area contributed by atoms with Crippen LogP contribution in [0, 0.1) is 6.92 Å². The van der Waals surface area contributed by atoms with Crippen molar-refractivity contribution in [3.05, 3.63) is 29.7 Å². The van der Waals surface area contributed by atoms with E-state index in [1.165, 1.54) is 0 Å². The summed E-state index contributed by atoms with van der Waals surface area (Å²) in [7, 11) is 1.87. The van der Waals surface area contributed by atoms with Gasteiger partial charge in [0.2, 0.25) is 0 Å². The van der Waals surface area contributed by atoms with Crippen molar-refractivity contribution in [1.82, 2.24) is 14.8 Å². The predicted molar refractivity (Wildman–Crippen MR) is 53.1 cm³/mol. The van der Waals surface area contributed by atoms with Crippen LogP contribution in [0.4, 0.5) is 0 Å². The minimum absolute atomic E-state index is 0.616. The van der Waals surface area contributed by atoms with E-state index in [2.05, 4.69) is 10.1 Å². The van der Waals surface area contributed by atoms with Crippen LogP contribution in [0.5, 0.6) is 0 Å². The molecular weight excluding hydrogens is 178 g/mol. The van der Waals surface area contributed by atoms with Crippen LogP contribution >= 0.6 is 0 Å². The van der Waals surface area contributed by atoms with Gasteiger partial charge in [-0.1, -0.05) is 0 Å². The number of aldehydes is 1. The van der Waals surface area contributed by atoms with Crippen molar-refractivity contribution in [3.63, 3.8) is 0 Å². The van der Waals surface area contributed by atoms with Gasteiger partial charge in [-0.3, -0.25) is 9.48 Å². The van der Waals surface area contributed by atoms with Crippen molar-refractivity contribution < 1.29 is 4.79 Å². The zero-order valence-electron chi connectivity index (χ0n) is 8.11. The Labute approximate surface area is 81.6 Å². The molecule has 0 atom stereocenters. The van der Waals surface area contributed by atoms with Crippen LogP contribution in [0.2, 0.25) is 0 Å². The number of aryl methyl sites for hydroxylation is 1.